The van der Waals surface area contributed by atoms with Gasteiger partial charge in [-0.3, -0.25) is 10.1 Å². The Morgan fingerprint density at radius 1 is 1.32 bits per heavy atom. The highest BCUT2D eigenvalue weighted by Crippen LogP contribution is 2.38. The quantitative estimate of drug-likeness (QED) is 0.586. The molecule has 0 aliphatic rings. The van der Waals surface area contributed by atoms with Crippen molar-refractivity contribution in [3.05, 3.63) is 45.8 Å². The Morgan fingerprint density at radius 3 is 2.60 bits per heavy atom. The fourth-order valence-electron chi connectivity index (χ4n) is 1.99. The maximum Gasteiger partial charge on any atom is 0.484 e. The van der Waals surface area contributed by atoms with E-state index in [9.17, 15) is 18.0 Å². The third-order valence-electron chi connectivity index (χ3n) is 2.94. The molecule has 1 N–H and O–H groups in total. The van der Waals surface area contributed by atoms with Crippen LogP contribution >= 0.6 is 23.2 Å². The van der Waals surface area contributed by atoms with E-state index in [2.05, 4.69) is 9.97 Å². The molecule has 134 valence electrons. The third kappa shape index (κ3) is 4.96. The highest BCUT2D eigenvalue weighted by molar-refractivity contribution is 6.38. The summed E-state index contributed by atoms with van der Waals surface area (Å²) in [4.78, 5) is 19.9. The van der Waals surface area contributed by atoms with Gasteiger partial charge in [-0.2, -0.15) is 13.2 Å². The number of aryl methyl sites for hydroxylation is 1. The standard InChI is InChI=1S/C15H12Cl2F3N3O2/c1-2-5-8-10(14(24)23-15(18,19)20)11(16)12(13(17)22-8)25-9-6-3-4-7-21-9/h3-4,6-7H,2,5H2,1H3,(H,23,24). The fraction of sp³-hybridized carbons (Fsp3) is 0.267. The Hall–Kier alpha value is -2.06. The number of aromatic nitrogens is 2. The molecule has 5 nitrogen and oxygen atoms in total. The first-order chi connectivity index (χ1) is 11.7. The molecule has 0 spiro atoms. The number of nitrogens with one attached hydrogen (secondary N) is 1. The fourth-order valence-corrected chi connectivity index (χ4v) is 2.60. The monoisotopic (exact) mass is 393 g/mol. The number of alkyl halides is 3. The van der Waals surface area contributed by atoms with Gasteiger partial charge >= 0.3 is 6.30 Å². The first-order valence-electron chi connectivity index (χ1n) is 7.09. The van der Waals surface area contributed by atoms with Gasteiger partial charge in [0, 0.05) is 12.3 Å². The predicted octanol–water partition coefficient (Wildman–Crippen LogP) is 4.78. The molecule has 0 bridgehead atoms. The van der Waals surface area contributed by atoms with Crippen molar-refractivity contribution in [2.45, 2.75) is 26.1 Å². The van der Waals surface area contributed by atoms with Crippen LogP contribution in [-0.4, -0.2) is 22.2 Å². The number of rotatable bonds is 5. The van der Waals surface area contributed by atoms with Gasteiger partial charge in [-0.05, 0) is 12.5 Å². The first-order valence-corrected chi connectivity index (χ1v) is 7.84. The van der Waals surface area contributed by atoms with E-state index in [1.165, 1.54) is 12.3 Å². The number of hydrogen-bond donors (Lipinski definition) is 1. The van der Waals surface area contributed by atoms with E-state index in [-0.39, 0.29) is 33.9 Å². The van der Waals surface area contributed by atoms with Gasteiger partial charge < -0.3 is 4.74 Å². The normalized spacial score (nSPS) is 11.3. The molecular weight excluding hydrogens is 382 g/mol. The molecule has 10 heteroatoms. The second-order valence-corrected chi connectivity index (χ2v) is 5.58. The topological polar surface area (TPSA) is 64.1 Å². The number of amides is 1. The van der Waals surface area contributed by atoms with Crippen molar-refractivity contribution in [3.63, 3.8) is 0 Å². The van der Waals surface area contributed by atoms with E-state index in [1.54, 1.807) is 19.1 Å². The predicted molar refractivity (Wildman–Crippen MR) is 86.1 cm³/mol. The van der Waals surface area contributed by atoms with Crippen LogP contribution in [0.15, 0.2) is 24.4 Å². The number of halogens is 5. The Morgan fingerprint density at radius 2 is 2.04 bits per heavy atom. The van der Waals surface area contributed by atoms with E-state index in [0.717, 1.165) is 5.32 Å². The SMILES string of the molecule is CCCc1nc(Cl)c(Oc2ccccn2)c(Cl)c1C(=O)NC(F)(F)F. The van der Waals surface area contributed by atoms with Crippen molar-refractivity contribution in [2.75, 3.05) is 0 Å². The van der Waals surface area contributed by atoms with Gasteiger partial charge in [0.2, 0.25) is 5.88 Å². The lowest BCUT2D eigenvalue weighted by Crippen LogP contribution is -2.38. The van der Waals surface area contributed by atoms with E-state index in [4.69, 9.17) is 27.9 Å². The summed E-state index contributed by atoms with van der Waals surface area (Å²) in [5.41, 5.74) is -0.385. The molecule has 2 heterocycles. The lowest BCUT2D eigenvalue weighted by molar-refractivity contribution is -0.146. The molecule has 0 radical (unpaired) electrons. The molecule has 1 amide bonds. The zero-order valence-electron chi connectivity index (χ0n) is 12.8. The highest BCUT2D eigenvalue weighted by atomic mass is 35.5. The van der Waals surface area contributed by atoms with Gasteiger partial charge in [0.15, 0.2) is 10.9 Å². The van der Waals surface area contributed by atoms with Gasteiger partial charge in [0.1, 0.15) is 5.02 Å². The van der Waals surface area contributed by atoms with E-state index in [1.807, 2.05) is 0 Å². The Bertz CT molecular complexity index is 771. The summed E-state index contributed by atoms with van der Waals surface area (Å²) in [5.74, 6) is -1.58. The number of carbonyl (C=O) groups excluding carboxylic acids is 1. The molecule has 0 unspecified atom stereocenters. The largest absolute Gasteiger partial charge is 0.484 e. The van der Waals surface area contributed by atoms with Crippen molar-refractivity contribution in [3.8, 4) is 11.6 Å². The van der Waals surface area contributed by atoms with Crippen LogP contribution in [-0.2, 0) is 6.42 Å². The molecule has 0 aliphatic heterocycles. The molecule has 0 atom stereocenters. The van der Waals surface area contributed by atoms with Crippen LogP contribution in [0, 0.1) is 0 Å². The van der Waals surface area contributed by atoms with Crippen LogP contribution in [0.3, 0.4) is 0 Å². The van der Waals surface area contributed by atoms with E-state index >= 15 is 0 Å². The molecule has 0 aromatic carbocycles. The Labute approximate surface area is 151 Å². The minimum atomic E-state index is -4.91. The van der Waals surface area contributed by atoms with Gasteiger partial charge in [0.05, 0.1) is 11.3 Å². The van der Waals surface area contributed by atoms with Gasteiger partial charge in [-0.1, -0.05) is 42.6 Å². The number of pyridine rings is 2. The third-order valence-corrected chi connectivity index (χ3v) is 3.56. The molecule has 25 heavy (non-hydrogen) atoms. The number of carbonyl (C=O) groups is 1. The lowest BCUT2D eigenvalue weighted by atomic mass is 10.1. The summed E-state index contributed by atoms with van der Waals surface area (Å²) in [6.45, 7) is 1.77. The second-order valence-electron chi connectivity index (χ2n) is 4.84. The Balaban J connectivity index is 2.51. The van der Waals surface area contributed by atoms with E-state index in [0.29, 0.717) is 6.42 Å². The average molecular weight is 394 g/mol. The van der Waals surface area contributed by atoms with E-state index < -0.39 is 17.8 Å². The van der Waals surface area contributed by atoms with Crippen LogP contribution in [0.5, 0.6) is 11.6 Å². The lowest BCUT2D eigenvalue weighted by Gasteiger charge is -2.16. The molecular formula is C15H12Cl2F3N3O2. The number of ether oxygens (including phenoxy) is 1. The number of nitrogens with zero attached hydrogens (tertiary/aromatic N) is 2. The zero-order chi connectivity index (χ0) is 18.6. The smallest absolute Gasteiger partial charge is 0.434 e. The van der Waals surface area contributed by atoms with Gasteiger partial charge in [0.25, 0.3) is 5.91 Å². The highest BCUT2D eigenvalue weighted by Gasteiger charge is 2.34. The van der Waals surface area contributed by atoms with Crippen LogP contribution in [0.2, 0.25) is 10.2 Å². The summed E-state index contributed by atoms with van der Waals surface area (Å²) in [6, 6.07) is 4.75. The summed E-state index contributed by atoms with van der Waals surface area (Å²) in [5, 5.41) is 0.365. The molecule has 0 aliphatic carbocycles. The Kier molecular flexibility index (Phi) is 6.07. The summed E-state index contributed by atoms with van der Waals surface area (Å²) in [6.07, 6.45) is -2.74. The van der Waals surface area contributed by atoms with Crippen molar-refractivity contribution in [2.24, 2.45) is 0 Å². The molecule has 0 saturated carbocycles. The molecule has 0 saturated heterocycles. The average Bonchev–Trinajstić information content (AvgIpc) is 2.51. The van der Waals surface area contributed by atoms with Gasteiger partial charge in [-0.15, -0.1) is 0 Å². The molecule has 0 fully saturated rings. The van der Waals surface area contributed by atoms with Crippen LogP contribution in [0.25, 0.3) is 0 Å². The molecule has 2 aromatic rings. The minimum absolute atomic E-state index is 0.0487. The van der Waals surface area contributed by atoms with Crippen molar-refractivity contribution in [1.29, 1.82) is 0 Å². The molecule has 2 aromatic heterocycles. The van der Waals surface area contributed by atoms with Crippen molar-refractivity contribution in [1.82, 2.24) is 15.3 Å². The number of hydrogen-bond acceptors (Lipinski definition) is 4. The van der Waals surface area contributed by atoms with Crippen LogP contribution in [0.1, 0.15) is 29.4 Å². The maximum atomic E-state index is 12.5. The zero-order valence-corrected chi connectivity index (χ0v) is 14.3. The van der Waals surface area contributed by atoms with Crippen LogP contribution in [0.4, 0.5) is 13.2 Å². The first kappa shape index (κ1) is 19.3. The minimum Gasteiger partial charge on any atom is -0.434 e. The second kappa shape index (κ2) is 7.88. The maximum absolute atomic E-state index is 12.5. The summed E-state index contributed by atoms with van der Waals surface area (Å²) >= 11 is 12.2. The van der Waals surface area contributed by atoms with Crippen molar-refractivity contribution < 1.29 is 22.7 Å². The van der Waals surface area contributed by atoms with Crippen molar-refractivity contribution >= 4 is 29.1 Å². The molecule has 2 rings (SSSR count). The van der Waals surface area contributed by atoms with Gasteiger partial charge in [-0.25, -0.2) is 9.97 Å². The van der Waals surface area contributed by atoms with Crippen LogP contribution < -0.4 is 10.1 Å². The summed E-state index contributed by atoms with van der Waals surface area (Å²) in [7, 11) is 0. The summed E-state index contributed by atoms with van der Waals surface area (Å²) < 4.78 is 42.9.